The number of anilines is 4. The zero-order valence-electron chi connectivity index (χ0n) is 42.8. The highest BCUT2D eigenvalue weighted by Gasteiger charge is 2.31. The van der Waals surface area contributed by atoms with Crippen LogP contribution < -0.4 is 14.5 Å². The van der Waals surface area contributed by atoms with Crippen molar-refractivity contribution in [2.45, 2.75) is 78.6 Å². The van der Waals surface area contributed by atoms with E-state index >= 15 is 0 Å². The van der Waals surface area contributed by atoms with Crippen LogP contribution in [0.2, 0.25) is 0 Å². The van der Waals surface area contributed by atoms with Crippen molar-refractivity contribution in [3.63, 3.8) is 0 Å². The molecule has 3 aromatic heterocycles. The van der Waals surface area contributed by atoms with Crippen LogP contribution in [-0.2, 0) is 16.2 Å². The van der Waals surface area contributed by atoms with Gasteiger partial charge in [0.15, 0.2) is 0 Å². The molecular formula is C66H61N5O. The maximum Gasteiger partial charge on any atom is 0.137 e. The number of fused-ring (bicyclic) bond motifs is 7. The van der Waals surface area contributed by atoms with E-state index in [2.05, 4.69) is 269 Å². The Labute approximate surface area is 423 Å². The van der Waals surface area contributed by atoms with Crippen LogP contribution in [0.25, 0.3) is 66.2 Å². The number of para-hydroxylation sites is 2. The van der Waals surface area contributed by atoms with Crippen molar-refractivity contribution >= 4 is 66.4 Å². The standard InChI is InChI=1S/C66H61N5O/c1-64(2,3)45-33-34-67-62(39-45)71-59-28-18-27-58(70-55-25-15-13-23-52(55)53-24-14-16-26-56(53)70)63(59)54-31-30-51(41-60(54)71)72-50-22-17-21-48(40-50)68-42-69(49-37-46(65(4,5)6)36-47(38-49)66(7,8)9)57-32-29-44(35-61(57)68)43-19-11-10-12-20-43/h10-41H,42H2,1-9H3. The lowest BCUT2D eigenvalue weighted by Gasteiger charge is -2.29. The van der Waals surface area contributed by atoms with Gasteiger partial charge < -0.3 is 19.1 Å². The smallest absolute Gasteiger partial charge is 0.137 e. The van der Waals surface area contributed by atoms with Crippen molar-refractivity contribution in [2.75, 3.05) is 16.5 Å². The van der Waals surface area contributed by atoms with Crippen molar-refractivity contribution in [1.82, 2.24) is 14.1 Å². The first kappa shape index (κ1) is 45.1. The molecule has 0 aliphatic carbocycles. The first-order chi connectivity index (χ1) is 34.6. The SMILES string of the molecule is CC(C)(C)c1cc(N2CN(c3cccc(Oc4ccc5c6c(-n7c8ccccc8c8ccccc87)cccc6n(-c6cc(C(C)(C)C)ccn6)c5c4)c3)c3cc(-c4ccccc4)ccc32)cc(C(C)(C)C)c1. The summed E-state index contributed by atoms with van der Waals surface area (Å²) in [5, 5.41) is 4.75. The van der Waals surface area contributed by atoms with Gasteiger partial charge in [0.1, 0.15) is 24.0 Å². The maximum absolute atomic E-state index is 6.99. The Bertz CT molecular complexity index is 3810. The van der Waals surface area contributed by atoms with Crippen LogP contribution in [-0.4, -0.2) is 20.8 Å². The van der Waals surface area contributed by atoms with Crippen LogP contribution in [0.4, 0.5) is 22.7 Å². The number of benzene rings is 8. The predicted molar refractivity (Wildman–Crippen MR) is 303 cm³/mol. The van der Waals surface area contributed by atoms with Gasteiger partial charge in [-0.1, -0.05) is 153 Å². The van der Waals surface area contributed by atoms with E-state index in [0.717, 1.165) is 56.2 Å². The zero-order valence-corrected chi connectivity index (χ0v) is 42.8. The van der Waals surface area contributed by atoms with Gasteiger partial charge in [0, 0.05) is 51.2 Å². The van der Waals surface area contributed by atoms with E-state index < -0.39 is 0 Å². The Balaban J connectivity index is 0.985. The van der Waals surface area contributed by atoms with E-state index in [0.29, 0.717) is 6.67 Å². The van der Waals surface area contributed by atoms with E-state index in [9.17, 15) is 0 Å². The summed E-state index contributed by atoms with van der Waals surface area (Å²) in [4.78, 5) is 9.98. The fourth-order valence-corrected chi connectivity index (χ4v) is 10.7. The van der Waals surface area contributed by atoms with E-state index in [1.807, 2.05) is 6.20 Å². The zero-order chi connectivity index (χ0) is 49.7. The van der Waals surface area contributed by atoms with Crippen LogP contribution in [0, 0.1) is 0 Å². The largest absolute Gasteiger partial charge is 0.457 e. The van der Waals surface area contributed by atoms with E-state index in [4.69, 9.17) is 9.72 Å². The van der Waals surface area contributed by atoms with Gasteiger partial charge in [-0.3, -0.25) is 4.57 Å². The molecule has 0 amide bonds. The van der Waals surface area contributed by atoms with Crippen molar-refractivity contribution < 1.29 is 4.74 Å². The van der Waals surface area contributed by atoms with E-state index in [1.165, 1.54) is 61.0 Å². The summed E-state index contributed by atoms with van der Waals surface area (Å²) in [6.07, 6.45) is 1.95. The second-order valence-electron chi connectivity index (χ2n) is 22.6. The molecule has 72 heavy (non-hydrogen) atoms. The minimum atomic E-state index is -0.0638. The summed E-state index contributed by atoms with van der Waals surface area (Å²) in [6.45, 7) is 21.3. The van der Waals surface area contributed by atoms with Crippen molar-refractivity contribution in [2.24, 2.45) is 0 Å². The topological polar surface area (TPSA) is 38.5 Å². The Morgan fingerprint density at radius 1 is 0.389 bits per heavy atom. The van der Waals surface area contributed by atoms with Crippen LogP contribution in [0.1, 0.15) is 79.0 Å². The van der Waals surface area contributed by atoms with E-state index in [1.54, 1.807) is 0 Å². The quantitative estimate of drug-likeness (QED) is 0.160. The van der Waals surface area contributed by atoms with Gasteiger partial charge in [0.25, 0.3) is 0 Å². The van der Waals surface area contributed by atoms with Gasteiger partial charge in [0.2, 0.25) is 0 Å². The molecule has 0 bridgehead atoms. The van der Waals surface area contributed by atoms with Crippen LogP contribution >= 0.6 is 0 Å². The fraction of sp³-hybridized carbons (Fsp3) is 0.197. The molecule has 4 heterocycles. The molecule has 0 saturated heterocycles. The summed E-state index contributed by atoms with van der Waals surface area (Å²) in [5.74, 6) is 2.38. The van der Waals surface area contributed by atoms with Gasteiger partial charge in [-0.2, -0.15) is 0 Å². The summed E-state index contributed by atoms with van der Waals surface area (Å²) >= 11 is 0. The number of pyridine rings is 1. The number of hydrogen-bond acceptors (Lipinski definition) is 4. The van der Waals surface area contributed by atoms with Crippen molar-refractivity contribution in [3.8, 4) is 34.1 Å². The van der Waals surface area contributed by atoms with Crippen molar-refractivity contribution in [1.29, 1.82) is 0 Å². The lowest BCUT2D eigenvalue weighted by atomic mass is 9.80. The molecule has 356 valence electrons. The molecule has 0 fully saturated rings. The van der Waals surface area contributed by atoms with Crippen molar-refractivity contribution in [3.05, 3.63) is 211 Å². The normalized spacial score (nSPS) is 13.2. The first-order valence-corrected chi connectivity index (χ1v) is 25.3. The number of ether oxygens (including phenoxy) is 1. The fourth-order valence-electron chi connectivity index (χ4n) is 10.7. The molecule has 0 radical (unpaired) electrons. The number of hydrogen-bond donors (Lipinski definition) is 0. The molecule has 11 aromatic rings. The minimum absolute atomic E-state index is 0.0138. The third-order valence-corrected chi connectivity index (χ3v) is 14.7. The van der Waals surface area contributed by atoms with Gasteiger partial charge in [-0.25, -0.2) is 4.98 Å². The van der Waals surface area contributed by atoms with Gasteiger partial charge in [0.05, 0.1) is 39.1 Å². The number of aromatic nitrogens is 3. The average Bonchev–Trinajstić information content (AvgIpc) is 4.04. The molecule has 0 unspecified atom stereocenters. The molecule has 12 rings (SSSR count). The monoisotopic (exact) mass is 939 g/mol. The second kappa shape index (κ2) is 16.8. The van der Waals surface area contributed by atoms with Gasteiger partial charge in [-0.15, -0.1) is 0 Å². The summed E-state index contributed by atoms with van der Waals surface area (Å²) < 4.78 is 11.7. The lowest BCUT2D eigenvalue weighted by molar-refractivity contribution is 0.483. The Kier molecular flexibility index (Phi) is 10.5. The molecule has 6 heteroatoms. The summed E-state index contributed by atoms with van der Waals surface area (Å²) in [7, 11) is 0. The van der Waals surface area contributed by atoms with Crippen LogP contribution in [0.3, 0.4) is 0 Å². The maximum atomic E-state index is 6.99. The molecule has 1 aliphatic rings. The highest BCUT2D eigenvalue weighted by atomic mass is 16.5. The summed E-state index contributed by atoms with van der Waals surface area (Å²) in [6, 6.07) is 68.4. The van der Waals surface area contributed by atoms with Gasteiger partial charge >= 0.3 is 0 Å². The molecular weight excluding hydrogens is 879 g/mol. The Morgan fingerprint density at radius 3 is 1.71 bits per heavy atom. The van der Waals surface area contributed by atoms with Gasteiger partial charge in [-0.05, 0) is 129 Å². The summed E-state index contributed by atoms with van der Waals surface area (Å²) in [5.41, 5.74) is 16.3. The molecule has 0 saturated carbocycles. The van der Waals surface area contributed by atoms with Crippen LogP contribution in [0.15, 0.2) is 194 Å². The molecule has 0 spiro atoms. The third-order valence-electron chi connectivity index (χ3n) is 14.7. The highest BCUT2D eigenvalue weighted by Crippen LogP contribution is 2.49. The third kappa shape index (κ3) is 7.77. The van der Waals surface area contributed by atoms with Crippen LogP contribution in [0.5, 0.6) is 11.5 Å². The number of nitrogens with zero attached hydrogens (tertiary/aromatic N) is 5. The number of rotatable bonds is 7. The predicted octanol–water partition coefficient (Wildman–Crippen LogP) is 17.9. The second-order valence-corrected chi connectivity index (χ2v) is 22.6. The minimum Gasteiger partial charge on any atom is -0.457 e. The molecule has 1 aliphatic heterocycles. The molecule has 0 N–H and O–H groups in total. The van der Waals surface area contributed by atoms with E-state index in [-0.39, 0.29) is 16.2 Å². The Morgan fingerprint density at radius 2 is 1.01 bits per heavy atom. The molecule has 6 nitrogen and oxygen atoms in total. The first-order valence-electron chi connectivity index (χ1n) is 25.3. The average molecular weight is 940 g/mol. The Hall–Kier alpha value is -8.09. The molecule has 0 atom stereocenters. The molecule has 8 aromatic carbocycles. The highest BCUT2D eigenvalue weighted by molar-refractivity contribution is 6.16. The lowest BCUT2D eigenvalue weighted by Crippen LogP contribution is -2.25.